The van der Waals surface area contributed by atoms with E-state index in [0.29, 0.717) is 5.92 Å². The standard InChI is InChI=1S/C13H26N2O2/c1-5-17-10-11-7-6-8-15(9-11)12(16)14-13(2,3)4/h11H,5-10H2,1-4H3,(H,14,16). The highest BCUT2D eigenvalue weighted by molar-refractivity contribution is 5.75. The minimum atomic E-state index is -0.163. The Morgan fingerprint density at radius 3 is 2.76 bits per heavy atom. The smallest absolute Gasteiger partial charge is 0.317 e. The summed E-state index contributed by atoms with van der Waals surface area (Å²) in [5, 5.41) is 3.01. The molecule has 1 fully saturated rings. The number of amides is 2. The fourth-order valence-corrected chi connectivity index (χ4v) is 2.07. The summed E-state index contributed by atoms with van der Waals surface area (Å²) in [4.78, 5) is 13.9. The second-order valence-corrected chi connectivity index (χ2v) is 5.79. The van der Waals surface area contributed by atoms with Gasteiger partial charge in [0.2, 0.25) is 0 Å². The first-order chi connectivity index (χ1) is 7.92. The van der Waals surface area contributed by atoms with Crippen LogP contribution in [0.4, 0.5) is 4.79 Å². The summed E-state index contributed by atoms with van der Waals surface area (Å²) >= 11 is 0. The Bertz CT molecular complexity index is 248. The van der Waals surface area contributed by atoms with Gasteiger partial charge in [-0.05, 0) is 40.5 Å². The van der Waals surface area contributed by atoms with E-state index in [1.807, 2.05) is 32.6 Å². The van der Waals surface area contributed by atoms with Crippen LogP contribution in [0, 0.1) is 5.92 Å². The van der Waals surface area contributed by atoms with Gasteiger partial charge in [-0.2, -0.15) is 0 Å². The summed E-state index contributed by atoms with van der Waals surface area (Å²) in [6, 6.07) is 0.0544. The Morgan fingerprint density at radius 2 is 2.18 bits per heavy atom. The molecule has 1 rings (SSSR count). The Morgan fingerprint density at radius 1 is 1.47 bits per heavy atom. The molecule has 1 saturated heterocycles. The van der Waals surface area contributed by atoms with Crippen molar-refractivity contribution in [2.45, 2.75) is 46.1 Å². The lowest BCUT2D eigenvalue weighted by atomic mass is 9.99. The maximum absolute atomic E-state index is 12.0. The molecular formula is C13H26N2O2. The highest BCUT2D eigenvalue weighted by Gasteiger charge is 2.25. The van der Waals surface area contributed by atoms with Gasteiger partial charge in [0.25, 0.3) is 0 Å². The summed E-state index contributed by atoms with van der Waals surface area (Å²) < 4.78 is 5.44. The number of piperidine rings is 1. The van der Waals surface area contributed by atoms with Crippen LogP contribution in [0.5, 0.6) is 0 Å². The topological polar surface area (TPSA) is 41.6 Å². The van der Waals surface area contributed by atoms with Crippen LogP contribution in [0.3, 0.4) is 0 Å². The van der Waals surface area contributed by atoms with Crippen molar-refractivity contribution in [1.82, 2.24) is 10.2 Å². The monoisotopic (exact) mass is 242 g/mol. The van der Waals surface area contributed by atoms with E-state index < -0.39 is 0 Å². The molecule has 1 aliphatic rings. The molecule has 4 nitrogen and oxygen atoms in total. The predicted molar refractivity (Wildman–Crippen MR) is 69.1 cm³/mol. The van der Waals surface area contributed by atoms with Crippen molar-refractivity contribution in [2.75, 3.05) is 26.3 Å². The second-order valence-electron chi connectivity index (χ2n) is 5.79. The molecule has 0 aromatic heterocycles. The van der Waals surface area contributed by atoms with E-state index in [0.717, 1.165) is 32.7 Å². The molecule has 0 aromatic carbocycles. The van der Waals surface area contributed by atoms with Crippen LogP contribution in [0.1, 0.15) is 40.5 Å². The molecule has 2 amide bonds. The van der Waals surface area contributed by atoms with Crippen LogP contribution < -0.4 is 5.32 Å². The molecule has 1 N–H and O–H groups in total. The molecule has 17 heavy (non-hydrogen) atoms. The number of ether oxygens (including phenoxy) is 1. The summed E-state index contributed by atoms with van der Waals surface area (Å²) in [6.07, 6.45) is 2.24. The van der Waals surface area contributed by atoms with Crippen molar-refractivity contribution in [3.05, 3.63) is 0 Å². The molecule has 0 spiro atoms. The molecule has 0 aliphatic carbocycles. The van der Waals surface area contributed by atoms with Gasteiger partial charge < -0.3 is 15.0 Å². The second kappa shape index (κ2) is 6.24. The number of likely N-dealkylation sites (tertiary alicyclic amines) is 1. The zero-order valence-electron chi connectivity index (χ0n) is 11.6. The molecule has 100 valence electrons. The molecule has 1 aliphatic heterocycles. The van der Waals surface area contributed by atoms with Crippen LogP contribution in [0.15, 0.2) is 0 Å². The Balaban J connectivity index is 2.40. The van der Waals surface area contributed by atoms with E-state index in [2.05, 4.69) is 5.32 Å². The molecule has 0 saturated carbocycles. The largest absolute Gasteiger partial charge is 0.381 e. The van der Waals surface area contributed by atoms with E-state index in [-0.39, 0.29) is 11.6 Å². The lowest BCUT2D eigenvalue weighted by molar-refractivity contribution is 0.0746. The van der Waals surface area contributed by atoms with Crippen molar-refractivity contribution in [3.63, 3.8) is 0 Å². The lowest BCUT2D eigenvalue weighted by Gasteiger charge is -2.34. The van der Waals surface area contributed by atoms with Crippen molar-refractivity contribution >= 4 is 6.03 Å². The van der Waals surface area contributed by atoms with Crippen molar-refractivity contribution in [2.24, 2.45) is 5.92 Å². The average molecular weight is 242 g/mol. The summed E-state index contributed by atoms with van der Waals surface area (Å²) in [5.74, 6) is 0.495. The van der Waals surface area contributed by atoms with Gasteiger partial charge in [-0.3, -0.25) is 0 Å². The quantitative estimate of drug-likeness (QED) is 0.824. The molecule has 0 bridgehead atoms. The van der Waals surface area contributed by atoms with Crippen LogP contribution in [-0.4, -0.2) is 42.8 Å². The normalized spacial score (nSPS) is 21.4. The number of rotatable bonds is 3. The lowest BCUT2D eigenvalue weighted by Crippen LogP contribution is -2.51. The molecule has 0 radical (unpaired) electrons. The number of carbonyl (C=O) groups excluding carboxylic acids is 1. The van der Waals surface area contributed by atoms with Gasteiger partial charge in [0.15, 0.2) is 0 Å². The number of urea groups is 1. The first-order valence-electron chi connectivity index (χ1n) is 6.57. The van der Waals surface area contributed by atoms with Gasteiger partial charge >= 0.3 is 6.03 Å². The number of nitrogens with one attached hydrogen (secondary N) is 1. The van der Waals surface area contributed by atoms with E-state index in [1.165, 1.54) is 6.42 Å². The van der Waals surface area contributed by atoms with Crippen molar-refractivity contribution in [3.8, 4) is 0 Å². The van der Waals surface area contributed by atoms with Crippen LogP contribution >= 0.6 is 0 Å². The Labute approximate surface area is 105 Å². The molecule has 1 atom stereocenters. The van der Waals surface area contributed by atoms with E-state index >= 15 is 0 Å². The molecule has 1 heterocycles. The van der Waals surface area contributed by atoms with Gasteiger partial charge in [0.05, 0.1) is 6.61 Å². The van der Waals surface area contributed by atoms with Crippen LogP contribution in [0.2, 0.25) is 0 Å². The third-order valence-electron chi connectivity index (χ3n) is 2.85. The van der Waals surface area contributed by atoms with Crippen molar-refractivity contribution < 1.29 is 9.53 Å². The molecule has 4 heteroatoms. The van der Waals surface area contributed by atoms with Crippen LogP contribution in [0.25, 0.3) is 0 Å². The highest BCUT2D eigenvalue weighted by atomic mass is 16.5. The molecular weight excluding hydrogens is 216 g/mol. The summed E-state index contributed by atoms with van der Waals surface area (Å²) in [5.41, 5.74) is -0.163. The molecule has 1 unspecified atom stereocenters. The van der Waals surface area contributed by atoms with Gasteiger partial charge in [-0.25, -0.2) is 4.79 Å². The summed E-state index contributed by atoms with van der Waals surface area (Å²) in [7, 11) is 0. The van der Waals surface area contributed by atoms with Gasteiger partial charge in [0, 0.05) is 31.2 Å². The zero-order valence-corrected chi connectivity index (χ0v) is 11.6. The zero-order chi connectivity index (χ0) is 12.9. The first kappa shape index (κ1) is 14.3. The average Bonchev–Trinajstić information content (AvgIpc) is 2.24. The number of hydrogen-bond donors (Lipinski definition) is 1. The Hall–Kier alpha value is -0.770. The fraction of sp³-hybridized carbons (Fsp3) is 0.923. The fourth-order valence-electron chi connectivity index (χ4n) is 2.07. The first-order valence-corrected chi connectivity index (χ1v) is 6.57. The summed E-state index contributed by atoms with van der Waals surface area (Å²) in [6.45, 7) is 11.2. The van der Waals surface area contributed by atoms with E-state index in [4.69, 9.17) is 4.74 Å². The van der Waals surface area contributed by atoms with Crippen LogP contribution in [-0.2, 0) is 4.74 Å². The minimum Gasteiger partial charge on any atom is -0.381 e. The molecule has 0 aromatic rings. The third kappa shape index (κ3) is 5.39. The third-order valence-corrected chi connectivity index (χ3v) is 2.85. The maximum atomic E-state index is 12.0. The number of carbonyl (C=O) groups is 1. The maximum Gasteiger partial charge on any atom is 0.317 e. The highest BCUT2D eigenvalue weighted by Crippen LogP contribution is 2.17. The number of hydrogen-bond acceptors (Lipinski definition) is 2. The SMILES string of the molecule is CCOCC1CCCN(C(=O)NC(C)(C)C)C1. The number of nitrogens with zero attached hydrogens (tertiary/aromatic N) is 1. The minimum absolute atomic E-state index is 0.0544. The predicted octanol–water partition coefficient (Wildman–Crippen LogP) is 2.24. The van der Waals surface area contributed by atoms with E-state index in [9.17, 15) is 4.79 Å². The van der Waals surface area contributed by atoms with Gasteiger partial charge in [-0.15, -0.1) is 0 Å². The van der Waals surface area contributed by atoms with Crippen molar-refractivity contribution in [1.29, 1.82) is 0 Å². The Kier molecular flexibility index (Phi) is 5.25. The van der Waals surface area contributed by atoms with Gasteiger partial charge in [0.1, 0.15) is 0 Å². The van der Waals surface area contributed by atoms with E-state index in [1.54, 1.807) is 0 Å². The van der Waals surface area contributed by atoms with Gasteiger partial charge in [-0.1, -0.05) is 0 Å².